The predicted molar refractivity (Wildman–Crippen MR) is 58.2 cm³/mol. The number of hydrogen-bond acceptors (Lipinski definition) is 4. The van der Waals surface area contributed by atoms with E-state index in [0.29, 0.717) is 13.0 Å². The Hall–Kier alpha value is -1.41. The van der Waals surface area contributed by atoms with Crippen LogP contribution < -0.4 is 5.32 Å². The predicted octanol–water partition coefficient (Wildman–Crippen LogP) is 1.35. The van der Waals surface area contributed by atoms with Gasteiger partial charge in [0.15, 0.2) is 0 Å². The highest BCUT2D eigenvalue weighted by molar-refractivity contribution is 7.09. The summed E-state index contributed by atoms with van der Waals surface area (Å²) in [6.45, 7) is 2.37. The number of thiazole rings is 1. The van der Waals surface area contributed by atoms with E-state index in [1.165, 1.54) is 0 Å². The second kappa shape index (κ2) is 6.14. The van der Waals surface area contributed by atoms with Crippen molar-refractivity contribution in [2.45, 2.75) is 19.8 Å². The fraction of sp³-hybridized carbons (Fsp3) is 0.500. The van der Waals surface area contributed by atoms with Gasteiger partial charge in [0, 0.05) is 24.5 Å². The molecular weight excluding hydrogens is 210 g/mol. The van der Waals surface area contributed by atoms with Crippen molar-refractivity contribution in [3.63, 3.8) is 0 Å². The smallest absolute Gasteiger partial charge is 0.237 e. The Bertz CT molecular complexity index is 342. The molecule has 0 aliphatic rings. The van der Waals surface area contributed by atoms with E-state index in [2.05, 4.69) is 10.3 Å². The molecule has 1 aromatic rings. The van der Waals surface area contributed by atoms with E-state index in [1.807, 2.05) is 18.4 Å². The topological polar surface area (TPSA) is 65.8 Å². The Kier molecular flexibility index (Phi) is 4.78. The summed E-state index contributed by atoms with van der Waals surface area (Å²) in [5.41, 5.74) is 0. The highest BCUT2D eigenvalue weighted by Crippen LogP contribution is 2.04. The molecule has 1 atom stereocenters. The molecule has 1 unspecified atom stereocenters. The summed E-state index contributed by atoms with van der Waals surface area (Å²) in [5, 5.41) is 14.3. The van der Waals surface area contributed by atoms with E-state index in [0.717, 1.165) is 11.4 Å². The maximum absolute atomic E-state index is 11.4. The van der Waals surface area contributed by atoms with Crippen LogP contribution in [-0.4, -0.2) is 17.4 Å². The first-order valence-electron chi connectivity index (χ1n) is 4.83. The third kappa shape index (κ3) is 3.68. The number of amides is 1. The zero-order chi connectivity index (χ0) is 11.1. The standard InChI is InChI=1S/C10H13N3OS/c1-2-8(7-11)10(14)13-4-3-9-12-5-6-15-9/h5-6,8H,2-4H2,1H3,(H,13,14). The molecule has 5 heteroatoms. The fourth-order valence-corrected chi connectivity index (χ4v) is 1.75. The zero-order valence-corrected chi connectivity index (χ0v) is 9.38. The van der Waals surface area contributed by atoms with Crippen LogP contribution in [0.25, 0.3) is 0 Å². The molecule has 1 heterocycles. The van der Waals surface area contributed by atoms with Gasteiger partial charge in [0.1, 0.15) is 5.92 Å². The molecule has 0 saturated heterocycles. The highest BCUT2D eigenvalue weighted by Gasteiger charge is 2.14. The molecule has 1 rings (SSSR count). The van der Waals surface area contributed by atoms with Crippen molar-refractivity contribution >= 4 is 17.2 Å². The number of carbonyl (C=O) groups excluding carboxylic acids is 1. The Labute approximate surface area is 92.9 Å². The van der Waals surface area contributed by atoms with Gasteiger partial charge in [-0.25, -0.2) is 4.98 Å². The maximum atomic E-state index is 11.4. The summed E-state index contributed by atoms with van der Waals surface area (Å²) in [5.74, 6) is -0.710. The van der Waals surface area contributed by atoms with Gasteiger partial charge in [-0.3, -0.25) is 4.79 Å². The lowest BCUT2D eigenvalue weighted by atomic mass is 10.1. The van der Waals surface area contributed by atoms with Crippen LogP contribution in [0.2, 0.25) is 0 Å². The van der Waals surface area contributed by atoms with Crippen LogP contribution in [0, 0.1) is 17.2 Å². The number of nitrogens with zero attached hydrogens (tertiary/aromatic N) is 2. The van der Waals surface area contributed by atoms with Crippen molar-refractivity contribution in [3.8, 4) is 6.07 Å². The van der Waals surface area contributed by atoms with E-state index in [4.69, 9.17) is 5.26 Å². The summed E-state index contributed by atoms with van der Waals surface area (Å²) in [7, 11) is 0. The Morgan fingerprint density at radius 2 is 2.60 bits per heavy atom. The highest BCUT2D eigenvalue weighted by atomic mass is 32.1. The van der Waals surface area contributed by atoms with Crippen LogP contribution in [0.5, 0.6) is 0 Å². The quantitative estimate of drug-likeness (QED) is 0.819. The van der Waals surface area contributed by atoms with Gasteiger partial charge in [0.05, 0.1) is 11.1 Å². The summed E-state index contributed by atoms with van der Waals surface area (Å²) in [6, 6.07) is 1.97. The third-order valence-corrected chi connectivity index (χ3v) is 2.84. The van der Waals surface area contributed by atoms with Crippen molar-refractivity contribution in [2.24, 2.45) is 5.92 Å². The molecule has 0 fully saturated rings. The molecule has 15 heavy (non-hydrogen) atoms. The van der Waals surface area contributed by atoms with Crippen molar-refractivity contribution in [1.29, 1.82) is 5.26 Å². The fourth-order valence-electron chi connectivity index (χ4n) is 1.13. The molecule has 1 aromatic heterocycles. The van der Waals surface area contributed by atoms with E-state index in [1.54, 1.807) is 17.5 Å². The first kappa shape index (κ1) is 11.7. The van der Waals surface area contributed by atoms with Crippen LogP contribution in [0.4, 0.5) is 0 Å². The Morgan fingerprint density at radius 1 is 1.80 bits per heavy atom. The van der Waals surface area contributed by atoms with E-state index in [9.17, 15) is 4.79 Å². The zero-order valence-electron chi connectivity index (χ0n) is 8.56. The second-order valence-corrected chi connectivity index (χ2v) is 4.04. The number of carbonyl (C=O) groups is 1. The molecule has 0 saturated carbocycles. The minimum absolute atomic E-state index is 0.184. The molecule has 1 amide bonds. The van der Waals surface area contributed by atoms with Crippen LogP contribution in [0.15, 0.2) is 11.6 Å². The molecule has 0 aliphatic carbocycles. The van der Waals surface area contributed by atoms with Crippen LogP contribution in [0.3, 0.4) is 0 Å². The number of nitriles is 1. The molecule has 0 radical (unpaired) electrons. The van der Waals surface area contributed by atoms with E-state index < -0.39 is 5.92 Å². The Morgan fingerprint density at radius 3 is 3.13 bits per heavy atom. The molecule has 1 N–H and O–H groups in total. The first-order valence-corrected chi connectivity index (χ1v) is 5.71. The summed E-state index contributed by atoms with van der Waals surface area (Å²) in [6.07, 6.45) is 3.02. The van der Waals surface area contributed by atoms with Crippen LogP contribution >= 0.6 is 11.3 Å². The second-order valence-electron chi connectivity index (χ2n) is 3.06. The van der Waals surface area contributed by atoms with Crippen molar-refractivity contribution in [1.82, 2.24) is 10.3 Å². The summed E-state index contributed by atoms with van der Waals surface area (Å²) in [4.78, 5) is 15.5. The van der Waals surface area contributed by atoms with Crippen molar-refractivity contribution in [3.05, 3.63) is 16.6 Å². The van der Waals surface area contributed by atoms with Gasteiger partial charge in [0.2, 0.25) is 5.91 Å². The number of nitrogens with one attached hydrogen (secondary N) is 1. The lowest BCUT2D eigenvalue weighted by Crippen LogP contribution is -2.31. The summed E-state index contributed by atoms with van der Waals surface area (Å²) >= 11 is 1.57. The van der Waals surface area contributed by atoms with E-state index >= 15 is 0 Å². The number of rotatable bonds is 5. The lowest BCUT2D eigenvalue weighted by Gasteiger charge is -2.06. The lowest BCUT2D eigenvalue weighted by molar-refractivity contribution is -0.123. The Balaban J connectivity index is 2.26. The molecule has 0 spiro atoms. The van der Waals surface area contributed by atoms with Gasteiger partial charge in [-0.2, -0.15) is 5.26 Å². The van der Waals surface area contributed by atoms with Crippen LogP contribution in [-0.2, 0) is 11.2 Å². The van der Waals surface area contributed by atoms with Gasteiger partial charge in [-0.1, -0.05) is 6.92 Å². The molecule has 0 aromatic carbocycles. The van der Waals surface area contributed by atoms with Gasteiger partial charge in [-0.15, -0.1) is 11.3 Å². The maximum Gasteiger partial charge on any atom is 0.237 e. The van der Waals surface area contributed by atoms with Crippen molar-refractivity contribution in [2.75, 3.05) is 6.54 Å². The SMILES string of the molecule is CCC(C#N)C(=O)NCCc1nccs1. The van der Waals surface area contributed by atoms with Gasteiger partial charge in [0.25, 0.3) is 0 Å². The summed E-state index contributed by atoms with van der Waals surface area (Å²) < 4.78 is 0. The minimum Gasteiger partial charge on any atom is -0.355 e. The molecule has 0 aliphatic heterocycles. The minimum atomic E-state index is -0.527. The third-order valence-electron chi connectivity index (χ3n) is 2.00. The van der Waals surface area contributed by atoms with E-state index in [-0.39, 0.29) is 5.91 Å². The van der Waals surface area contributed by atoms with Gasteiger partial charge >= 0.3 is 0 Å². The van der Waals surface area contributed by atoms with Gasteiger partial charge in [-0.05, 0) is 6.42 Å². The van der Waals surface area contributed by atoms with Crippen molar-refractivity contribution < 1.29 is 4.79 Å². The van der Waals surface area contributed by atoms with Crippen LogP contribution in [0.1, 0.15) is 18.4 Å². The average Bonchev–Trinajstić information content (AvgIpc) is 2.72. The molecule has 80 valence electrons. The average molecular weight is 223 g/mol. The molecular formula is C10H13N3OS. The monoisotopic (exact) mass is 223 g/mol. The van der Waals surface area contributed by atoms with Gasteiger partial charge < -0.3 is 5.32 Å². The first-order chi connectivity index (χ1) is 7.27. The molecule has 4 nitrogen and oxygen atoms in total. The molecule has 0 bridgehead atoms. The number of aromatic nitrogens is 1. The largest absolute Gasteiger partial charge is 0.355 e. The normalized spacial score (nSPS) is 11.7. The number of hydrogen-bond donors (Lipinski definition) is 1.